The molecule has 6 nitrogen and oxygen atoms in total. The molecule has 2 heterocycles. The van der Waals surface area contributed by atoms with Crippen LogP contribution in [0.5, 0.6) is 0 Å². The van der Waals surface area contributed by atoms with Gasteiger partial charge in [0, 0.05) is 17.3 Å². The van der Waals surface area contributed by atoms with Crippen molar-refractivity contribution in [2.24, 2.45) is 0 Å². The maximum Gasteiger partial charge on any atom is 0.315 e. The van der Waals surface area contributed by atoms with Crippen LogP contribution in [0.1, 0.15) is 43.5 Å². The minimum absolute atomic E-state index is 0.0605. The molecular formula is C17H24N4O2S. The normalized spacial score (nSPS) is 23.4. The van der Waals surface area contributed by atoms with Gasteiger partial charge in [0.2, 0.25) is 0 Å². The Morgan fingerprint density at radius 3 is 3.00 bits per heavy atom. The fourth-order valence-corrected chi connectivity index (χ4v) is 4.00. The van der Waals surface area contributed by atoms with Crippen LogP contribution in [0.15, 0.2) is 36.0 Å². The van der Waals surface area contributed by atoms with Gasteiger partial charge in [-0.25, -0.2) is 4.79 Å². The molecule has 3 N–H and O–H groups in total. The van der Waals surface area contributed by atoms with Crippen molar-refractivity contribution in [2.45, 2.75) is 50.3 Å². The van der Waals surface area contributed by atoms with E-state index in [1.54, 1.807) is 13.1 Å². The zero-order chi connectivity index (χ0) is 17.0. The summed E-state index contributed by atoms with van der Waals surface area (Å²) < 4.78 is 1.94. The summed E-state index contributed by atoms with van der Waals surface area (Å²) >= 11 is 1.48. The van der Waals surface area contributed by atoms with E-state index in [9.17, 15) is 9.90 Å². The molecule has 2 amide bonds. The third-order valence-corrected chi connectivity index (χ3v) is 5.68. The molecule has 1 aliphatic rings. The highest BCUT2D eigenvalue weighted by Gasteiger charge is 2.29. The molecule has 0 aromatic carbocycles. The zero-order valence-corrected chi connectivity index (χ0v) is 14.6. The lowest BCUT2D eigenvalue weighted by atomic mass is 9.90. The molecule has 1 aliphatic carbocycles. The van der Waals surface area contributed by atoms with Crippen LogP contribution in [0.25, 0.3) is 0 Å². The van der Waals surface area contributed by atoms with E-state index in [1.165, 1.54) is 11.3 Å². The van der Waals surface area contributed by atoms with Gasteiger partial charge in [-0.2, -0.15) is 5.10 Å². The molecule has 3 atom stereocenters. The van der Waals surface area contributed by atoms with Gasteiger partial charge in [0.25, 0.3) is 0 Å². The van der Waals surface area contributed by atoms with Gasteiger partial charge in [-0.3, -0.25) is 4.68 Å². The van der Waals surface area contributed by atoms with E-state index in [2.05, 4.69) is 15.7 Å². The lowest BCUT2D eigenvalue weighted by Gasteiger charge is -2.32. The summed E-state index contributed by atoms with van der Waals surface area (Å²) in [5, 5.41) is 22.6. The Balaban J connectivity index is 1.55. The Kier molecular flexibility index (Phi) is 5.20. The molecule has 24 heavy (non-hydrogen) atoms. The van der Waals surface area contributed by atoms with Crippen LogP contribution in [0.4, 0.5) is 4.79 Å². The smallest absolute Gasteiger partial charge is 0.315 e. The Hall–Kier alpha value is -1.86. The van der Waals surface area contributed by atoms with Crippen molar-refractivity contribution < 1.29 is 9.90 Å². The molecule has 2 aromatic rings. The molecule has 2 aromatic heterocycles. The lowest BCUT2D eigenvalue weighted by molar-refractivity contribution is 0.0628. The van der Waals surface area contributed by atoms with E-state index in [0.29, 0.717) is 0 Å². The summed E-state index contributed by atoms with van der Waals surface area (Å²) in [5.74, 6) is 0. The van der Waals surface area contributed by atoms with Crippen molar-refractivity contribution in [3.05, 3.63) is 40.8 Å². The van der Waals surface area contributed by atoms with E-state index in [0.717, 1.165) is 30.6 Å². The van der Waals surface area contributed by atoms with Crippen molar-refractivity contribution in [2.75, 3.05) is 6.54 Å². The van der Waals surface area contributed by atoms with Gasteiger partial charge < -0.3 is 15.7 Å². The van der Waals surface area contributed by atoms with Crippen LogP contribution in [0.3, 0.4) is 0 Å². The summed E-state index contributed by atoms with van der Waals surface area (Å²) in [6.07, 6.45) is 7.93. The van der Waals surface area contributed by atoms with Crippen molar-refractivity contribution in [3.8, 4) is 0 Å². The molecule has 130 valence electrons. The number of carbonyl (C=O) groups is 1. The van der Waals surface area contributed by atoms with Gasteiger partial charge >= 0.3 is 6.03 Å². The molecule has 0 unspecified atom stereocenters. The molecule has 0 bridgehead atoms. The van der Waals surface area contributed by atoms with Crippen LogP contribution < -0.4 is 10.6 Å². The Morgan fingerprint density at radius 1 is 1.46 bits per heavy atom. The lowest BCUT2D eigenvalue weighted by Crippen LogP contribution is -2.50. The third-order valence-electron chi connectivity index (χ3n) is 4.56. The summed E-state index contributed by atoms with van der Waals surface area (Å²) in [4.78, 5) is 13.1. The minimum atomic E-state index is -1.06. The van der Waals surface area contributed by atoms with Gasteiger partial charge in [-0.15, -0.1) is 11.3 Å². The third kappa shape index (κ3) is 3.96. The van der Waals surface area contributed by atoms with Gasteiger partial charge in [-0.05, 0) is 37.3 Å². The Bertz CT molecular complexity index is 640. The second kappa shape index (κ2) is 7.36. The molecule has 0 saturated heterocycles. The Labute approximate surface area is 145 Å². The summed E-state index contributed by atoms with van der Waals surface area (Å²) in [6.45, 7) is 1.89. The number of aliphatic hydroxyl groups is 1. The SMILES string of the molecule is C[C@](O)(CNC(=O)N[C@H]1CCCC[C@H]1n1cccn1)c1cccs1. The van der Waals surface area contributed by atoms with E-state index in [1.807, 2.05) is 34.5 Å². The molecule has 7 heteroatoms. The van der Waals surface area contributed by atoms with Crippen molar-refractivity contribution in [3.63, 3.8) is 0 Å². The van der Waals surface area contributed by atoms with Crippen LogP contribution >= 0.6 is 11.3 Å². The fourth-order valence-electron chi connectivity index (χ4n) is 3.22. The van der Waals surface area contributed by atoms with Crippen LogP contribution in [0.2, 0.25) is 0 Å². The average Bonchev–Trinajstić information content (AvgIpc) is 3.27. The molecule has 0 radical (unpaired) electrons. The molecule has 0 aliphatic heterocycles. The average molecular weight is 348 g/mol. The highest BCUT2D eigenvalue weighted by Crippen LogP contribution is 2.28. The van der Waals surface area contributed by atoms with Crippen molar-refractivity contribution in [1.82, 2.24) is 20.4 Å². The van der Waals surface area contributed by atoms with Gasteiger partial charge in [0.1, 0.15) is 5.60 Å². The van der Waals surface area contributed by atoms with E-state index in [4.69, 9.17) is 0 Å². The van der Waals surface area contributed by atoms with E-state index < -0.39 is 5.60 Å². The number of nitrogens with zero attached hydrogens (tertiary/aromatic N) is 2. The number of hydrogen-bond donors (Lipinski definition) is 3. The highest BCUT2D eigenvalue weighted by atomic mass is 32.1. The maximum absolute atomic E-state index is 12.3. The Morgan fingerprint density at radius 2 is 2.29 bits per heavy atom. The number of nitrogens with one attached hydrogen (secondary N) is 2. The number of urea groups is 1. The number of thiophene rings is 1. The first-order valence-electron chi connectivity index (χ1n) is 8.36. The number of carbonyl (C=O) groups excluding carboxylic acids is 1. The molecule has 1 fully saturated rings. The van der Waals surface area contributed by atoms with Gasteiger partial charge in [0.15, 0.2) is 0 Å². The second-order valence-corrected chi connectivity index (χ2v) is 7.47. The first-order valence-corrected chi connectivity index (χ1v) is 9.24. The first-order chi connectivity index (χ1) is 11.6. The molecule has 0 spiro atoms. The van der Waals surface area contributed by atoms with Crippen molar-refractivity contribution in [1.29, 1.82) is 0 Å². The number of amides is 2. The summed E-state index contributed by atoms with van der Waals surface area (Å²) in [7, 11) is 0. The number of hydrogen-bond acceptors (Lipinski definition) is 4. The first kappa shape index (κ1) is 17.0. The number of aromatic nitrogens is 2. The van der Waals surface area contributed by atoms with Gasteiger partial charge in [0.05, 0.1) is 18.6 Å². The van der Waals surface area contributed by atoms with Crippen molar-refractivity contribution >= 4 is 17.4 Å². The van der Waals surface area contributed by atoms with Crippen LogP contribution in [-0.4, -0.2) is 33.5 Å². The molecule has 1 saturated carbocycles. The molecule has 3 rings (SSSR count). The predicted molar refractivity (Wildman–Crippen MR) is 93.9 cm³/mol. The maximum atomic E-state index is 12.3. The fraction of sp³-hybridized carbons (Fsp3) is 0.529. The zero-order valence-electron chi connectivity index (χ0n) is 13.8. The topological polar surface area (TPSA) is 79.2 Å². The van der Waals surface area contributed by atoms with Crippen LogP contribution in [0, 0.1) is 0 Å². The van der Waals surface area contributed by atoms with Gasteiger partial charge in [-0.1, -0.05) is 18.9 Å². The summed E-state index contributed by atoms with van der Waals surface area (Å²) in [6, 6.07) is 5.69. The predicted octanol–water partition coefficient (Wildman–Crippen LogP) is 2.64. The molecular weight excluding hydrogens is 324 g/mol. The monoisotopic (exact) mass is 348 g/mol. The minimum Gasteiger partial charge on any atom is -0.383 e. The largest absolute Gasteiger partial charge is 0.383 e. The highest BCUT2D eigenvalue weighted by molar-refractivity contribution is 7.10. The summed E-state index contributed by atoms with van der Waals surface area (Å²) in [5.41, 5.74) is -1.06. The van der Waals surface area contributed by atoms with Crippen LogP contribution in [-0.2, 0) is 5.60 Å². The number of rotatable bonds is 5. The quantitative estimate of drug-likeness (QED) is 0.777. The second-order valence-electron chi connectivity index (χ2n) is 6.52. The van der Waals surface area contributed by atoms with E-state index >= 15 is 0 Å². The van der Waals surface area contributed by atoms with E-state index in [-0.39, 0.29) is 24.7 Å². The standard InChI is InChI=1S/C17H24N4O2S/c1-17(23,15-8-4-11-24-15)12-18-16(22)20-13-6-2-3-7-14(13)21-10-5-9-19-21/h4-5,8-11,13-14,23H,2-3,6-7,12H2,1H3,(H2,18,20,22)/t13-,14+,17-/m0/s1.